The third-order valence-corrected chi connectivity index (χ3v) is 6.28. The second-order valence-electron chi connectivity index (χ2n) is 6.63. The Morgan fingerprint density at radius 2 is 1.87 bits per heavy atom. The highest BCUT2D eigenvalue weighted by Gasteiger charge is 2.32. The number of nitrogens with zero attached hydrogens (tertiary/aromatic N) is 2. The summed E-state index contributed by atoms with van der Waals surface area (Å²) in [5, 5.41) is 9.88. The minimum absolute atomic E-state index is 0.124. The molecule has 1 aliphatic rings. The van der Waals surface area contributed by atoms with Crippen molar-refractivity contribution in [3.63, 3.8) is 0 Å². The average Bonchev–Trinajstić information content (AvgIpc) is 3.01. The first-order valence-electron chi connectivity index (χ1n) is 9.42. The van der Waals surface area contributed by atoms with Crippen molar-refractivity contribution in [3.8, 4) is 0 Å². The lowest BCUT2D eigenvalue weighted by Gasteiger charge is -2.23. The maximum absolute atomic E-state index is 12.8. The summed E-state index contributed by atoms with van der Waals surface area (Å²) in [5.74, 6) is -0.369. The molecule has 0 aromatic heterocycles. The Morgan fingerprint density at radius 1 is 1.17 bits per heavy atom. The van der Waals surface area contributed by atoms with Crippen LogP contribution in [0.3, 0.4) is 0 Å². The Hall–Kier alpha value is -2.19. The van der Waals surface area contributed by atoms with Gasteiger partial charge in [-0.1, -0.05) is 84.1 Å². The Morgan fingerprint density at radius 3 is 2.57 bits per heavy atom. The fourth-order valence-corrected chi connectivity index (χ4v) is 4.50. The van der Waals surface area contributed by atoms with E-state index in [0.29, 0.717) is 20.8 Å². The number of halogens is 1. The van der Waals surface area contributed by atoms with E-state index in [0.717, 1.165) is 11.1 Å². The van der Waals surface area contributed by atoms with Crippen molar-refractivity contribution in [1.82, 2.24) is 9.80 Å². The van der Waals surface area contributed by atoms with E-state index in [-0.39, 0.29) is 37.9 Å². The molecule has 5 nitrogen and oxygen atoms in total. The number of aliphatic hydroxyl groups is 1. The Balaban J connectivity index is 1.64. The quantitative estimate of drug-likeness (QED) is 0.477. The lowest BCUT2D eigenvalue weighted by Crippen LogP contribution is -2.37. The van der Waals surface area contributed by atoms with Crippen molar-refractivity contribution in [1.29, 1.82) is 0 Å². The third kappa shape index (κ3) is 5.70. The number of hydrogen-bond donors (Lipinski definition) is 1. The first kappa shape index (κ1) is 22.5. The fraction of sp³-hybridized carbons (Fsp3) is 0.227. The summed E-state index contributed by atoms with van der Waals surface area (Å²) in [5.41, 5.74) is 1.72. The van der Waals surface area contributed by atoms with Gasteiger partial charge in [-0.3, -0.25) is 14.5 Å². The Bertz CT molecular complexity index is 966. The molecule has 1 heterocycles. The van der Waals surface area contributed by atoms with Crippen LogP contribution in [-0.2, 0) is 16.1 Å². The molecular weight excluding hydrogens is 440 g/mol. The highest BCUT2D eigenvalue weighted by Crippen LogP contribution is 2.33. The number of carbonyl (C=O) groups is 2. The molecule has 8 heteroatoms. The molecule has 0 bridgehead atoms. The summed E-state index contributed by atoms with van der Waals surface area (Å²) in [6.45, 7) is 0.712. The summed E-state index contributed by atoms with van der Waals surface area (Å²) in [6, 6.07) is 16.8. The molecule has 0 radical (unpaired) electrons. The Labute approximate surface area is 190 Å². The van der Waals surface area contributed by atoms with E-state index in [1.165, 1.54) is 16.7 Å². The summed E-state index contributed by atoms with van der Waals surface area (Å²) < 4.78 is 0.419. The van der Waals surface area contributed by atoms with E-state index in [1.807, 2.05) is 48.5 Å². The van der Waals surface area contributed by atoms with Crippen LogP contribution in [0.2, 0.25) is 5.02 Å². The number of amides is 2. The van der Waals surface area contributed by atoms with Crippen molar-refractivity contribution in [2.75, 3.05) is 19.7 Å². The smallest absolute Gasteiger partial charge is 0.266 e. The lowest BCUT2D eigenvalue weighted by molar-refractivity contribution is -0.132. The number of carbonyl (C=O) groups excluding carboxylic acids is 2. The largest absolute Gasteiger partial charge is 0.395 e. The fourth-order valence-electron chi connectivity index (χ4n) is 3.01. The standard InChI is InChI=1S/C22H21ClN2O3S2/c23-18-9-5-4-8-17(18)14-19-21(28)25(22(29)30-19)11-10-20(27)24(12-13-26)15-16-6-2-1-3-7-16/h1-9,14,26H,10-13,15H2. The van der Waals surface area contributed by atoms with Gasteiger partial charge in [-0.2, -0.15) is 0 Å². The molecule has 156 valence electrons. The molecule has 3 rings (SSSR count). The highest BCUT2D eigenvalue weighted by molar-refractivity contribution is 8.26. The third-order valence-electron chi connectivity index (χ3n) is 4.55. The minimum Gasteiger partial charge on any atom is -0.395 e. The molecule has 0 saturated carbocycles. The summed E-state index contributed by atoms with van der Waals surface area (Å²) in [4.78, 5) is 29.0. The van der Waals surface area contributed by atoms with Gasteiger partial charge in [-0.25, -0.2) is 0 Å². The van der Waals surface area contributed by atoms with Gasteiger partial charge in [0.25, 0.3) is 5.91 Å². The molecule has 0 aliphatic carbocycles. The van der Waals surface area contributed by atoms with Gasteiger partial charge < -0.3 is 10.0 Å². The van der Waals surface area contributed by atoms with Crippen LogP contribution < -0.4 is 0 Å². The van der Waals surface area contributed by atoms with Gasteiger partial charge in [-0.05, 0) is 23.3 Å². The van der Waals surface area contributed by atoms with E-state index in [1.54, 1.807) is 17.0 Å². The first-order chi connectivity index (χ1) is 14.5. The van der Waals surface area contributed by atoms with E-state index in [4.69, 9.17) is 23.8 Å². The molecule has 0 atom stereocenters. The van der Waals surface area contributed by atoms with Gasteiger partial charge in [0.15, 0.2) is 0 Å². The second kappa shape index (κ2) is 10.7. The van der Waals surface area contributed by atoms with Gasteiger partial charge >= 0.3 is 0 Å². The molecule has 1 N–H and O–H groups in total. The maximum atomic E-state index is 12.8. The van der Waals surface area contributed by atoms with E-state index < -0.39 is 0 Å². The zero-order valence-corrected chi connectivity index (χ0v) is 18.6. The van der Waals surface area contributed by atoms with Gasteiger partial charge in [0.05, 0.1) is 11.5 Å². The molecule has 0 unspecified atom stereocenters. The summed E-state index contributed by atoms with van der Waals surface area (Å²) in [7, 11) is 0. The van der Waals surface area contributed by atoms with Crippen molar-refractivity contribution < 1.29 is 14.7 Å². The minimum atomic E-state index is -0.227. The van der Waals surface area contributed by atoms with Gasteiger partial charge in [-0.15, -0.1) is 0 Å². The summed E-state index contributed by atoms with van der Waals surface area (Å²) in [6.07, 6.45) is 1.84. The number of benzene rings is 2. The van der Waals surface area contributed by atoms with Crippen molar-refractivity contribution in [2.45, 2.75) is 13.0 Å². The van der Waals surface area contributed by atoms with Crippen molar-refractivity contribution in [2.24, 2.45) is 0 Å². The number of thiocarbonyl (C=S) groups is 1. The molecule has 1 fully saturated rings. The monoisotopic (exact) mass is 460 g/mol. The van der Waals surface area contributed by atoms with Crippen LogP contribution in [0.25, 0.3) is 6.08 Å². The molecule has 2 aromatic rings. The molecule has 1 aliphatic heterocycles. The van der Waals surface area contributed by atoms with Gasteiger partial charge in [0, 0.05) is 31.1 Å². The first-order valence-corrected chi connectivity index (χ1v) is 11.0. The predicted octanol–water partition coefficient (Wildman–Crippen LogP) is 3.95. The highest BCUT2D eigenvalue weighted by atomic mass is 35.5. The van der Waals surface area contributed by atoms with Gasteiger partial charge in [0.1, 0.15) is 4.32 Å². The van der Waals surface area contributed by atoms with E-state index in [2.05, 4.69) is 0 Å². The average molecular weight is 461 g/mol. The van der Waals surface area contributed by atoms with E-state index >= 15 is 0 Å². The molecule has 2 amide bonds. The van der Waals surface area contributed by atoms with Crippen LogP contribution in [0, 0.1) is 0 Å². The zero-order chi connectivity index (χ0) is 21.5. The Kier molecular flexibility index (Phi) is 8.04. The van der Waals surface area contributed by atoms with Gasteiger partial charge in [0.2, 0.25) is 5.91 Å². The van der Waals surface area contributed by atoms with Crippen molar-refractivity contribution >= 4 is 57.8 Å². The SMILES string of the molecule is O=C(CCN1C(=O)C(=Cc2ccccc2Cl)SC1=S)N(CCO)Cc1ccccc1. The number of aliphatic hydroxyl groups excluding tert-OH is 1. The number of thioether (sulfide) groups is 1. The predicted molar refractivity (Wildman–Crippen MR) is 125 cm³/mol. The van der Waals surface area contributed by atoms with Crippen LogP contribution in [0.1, 0.15) is 17.5 Å². The second-order valence-corrected chi connectivity index (χ2v) is 8.71. The maximum Gasteiger partial charge on any atom is 0.266 e. The van der Waals surface area contributed by atoms with Crippen LogP contribution in [0.4, 0.5) is 0 Å². The number of hydrogen-bond acceptors (Lipinski definition) is 5. The zero-order valence-electron chi connectivity index (χ0n) is 16.2. The van der Waals surface area contributed by atoms with Crippen molar-refractivity contribution in [3.05, 3.63) is 75.7 Å². The molecule has 2 aromatic carbocycles. The lowest BCUT2D eigenvalue weighted by atomic mass is 10.2. The van der Waals surface area contributed by atoms with Crippen LogP contribution in [-0.4, -0.2) is 50.7 Å². The molecular formula is C22H21ClN2O3S2. The molecule has 30 heavy (non-hydrogen) atoms. The topological polar surface area (TPSA) is 60.9 Å². The molecule has 0 spiro atoms. The van der Waals surface area contributed by atoms with Crippen LogP contribution in [0.15, 0.2) is 59.5 Å². The molecule has 1 saturated heterocycles. The van der Waals surface area contributed by atoms with Crippen LogP contribution >= 0.6 is 35.6 Å². The number of rotatable bonds is 8. The normalized spacial score (nSPS) is 15.1. The van der Waals surface area contributed by atoms with Crippen LogP contribution in [0.5, 0.6) is 0 Å². The van der Waals surface area contributed by atoms with E-state index in [9.17, 15) is 14.7 Å². The summed E-state index contributed by atoms with van der Waals surface area (Å²) >= 11 is 12.7.